The molecule has 0 bridgehead atoms. The van der Waals surface area contributed by atoms with E-state index in [1.165, 1.54) is 17.0 Å². The summed E-state index contributed by atoms with van der Waals surface area (Å²) in [4.78, 5) is 32.9. The van der Waals surface area contributed by atoms with Crippen LogP contribution in [0.15, 0.2) is 35.1 Å². The number of aryl methyl sites for hydroxylation is 1. The van der Waals surface area contributed by atoms with Crippen molar-refractivity contribution in [1.82, 2.24) is 14.9 Å². The molecule has 1 amide bonds. The van der Waals surface area contributed by atoms with Gasteiger partial charge in [-0.2, -0.15) is 0 Å². The Kier molecular flexibility index (Phi) is 5.01. The van der Waals surface area contributed by atoms with Gasteiger partial charge in [-0.3, -0.25) is 9.59 Å². The van der Waals surface area contributed by atoms with Crippen LogP contribution in [0.1, 0.15) is 40.3 Å². The van der Waals surface area contributed by atoms with E-state index < -0.39 is 35.0 Å². The molecule has 6 nitrogen and oxygen atoms in total. The van der Waals surface area contributed by atoms with Gasteiger partial charge in [0, 0.05) is 29.2 Å². The van der Waals surface area contributed by atoms with Crippen LogP contribution in [0.4, 0.5) is 13.2 Å². The van der Waals surface area contributed by atoms with Crippen molar-refractivity contribution in [2.45, 2.75) is 26.0 Å². The number of hydrogen-bond acceptors (Lipinski definition) is 3. The van der Waals surface area contributed by atoms with Crippen molar-refractivity contribution >= 4 is 27.6 Å². The largest absolute Gasteiger partial charge is 0.373 e. The third-order valence-corrected chi connectivity index (χ3v) is 6.23. The van der Waals surface area contributed by atoms with E-state index >= 15 is 0 Å². The minimum Gasteiger partial charge on any atom is -0.373 e. The Hall–Kier alpha value is -3.59. The molecule has 1 atom stereocenters. The maximum absolute atomic E-state index is 14.1. The smallest absolute Gasteiger partial charge is 0.270 e. The van der Waals surface area contributed by atoms with Gasteiger partial charge in [0.1, 0.15) is 11.5 Å². The number of H-pyrrole nitrogens is 2. The van der Waals surface area contributed by atoms with Crippen LogP contribution in [0.2, 0.25) is 0 Å². The van der Waals surface area contributed by atoms with Gasteiger partial charge in [0.05, 0.1) is 24.6 Å². The summed E-state index contributed by atoms with van der Waals surface area (Å²) in [5, 5.41) is 0.977. The number of carbonyl (C=O) groups is 1. The second kappa shape index (κ2) is 7.77. The number of likely N-dealkylation sites (N-methyl/N-ethyl adjacent to an activating group) is 1. The molecular formula is C24H20F3N3O3. The molecule has 0 spiro atoms. The number of pyridine rings is 1. The fourth-order valence-electron chi connectivity index (χ4n) is 4.56. The average Bonchev–Trinajstić information content (AvgIpc) is 3.22. The summed E-state index contributed by atoms with van der Waals surface area (Å²) in [6, 6.07) is 5.62. The first-order valence-corrected chi connectivity index (χ1v) is 10.5. The standard InChI is InChI=1S/C24H20F3N3O3/c1-3-11-4-12(25)5-18-13(11)8-19(28-18)24(32)30(2)21-10-33-9-20-22(21)14-6-16(26)17(27)7-15(14)23(31)29-20/h4-8,21,28H,3,9-10H2,1-2H3,(H,29,31)/t21-/m0/s1. The molecule has 0 saturated heterocycles. The van der Waals surface area contributed by atoms with Crippen LogP contribution < -0.4 is 5.56 Å². The normalized spacial score (nSPS) is 15.7. The lowest BCUT2D eigenvalue weighted by Crippen LogP contribution is -2.37. The Morgan fingerprint density at radius 1 is 1.06 bits per heavy atom. The Morgan fingerprint density at radius 3 is 2.52 bits per heavy atom. The molecule has 2 aromatic heterocycles. The van der Waals surface area contributed by atoms with Gasteiger partial charge in [-0.25, -0.2) is 13.2 Å². The summed E-state index contributed by atoms with van der Waals surface area (Å²) < 4.78 is 47.4. The summed E-state index contributed by atoms with van der Waals surface area (Å²) in [6.07, 6.45) is 0.598. The third kappa shape index (κ3) is 3.39. The van der Waals surface area contributed by atoms with Crippen LogP contribution in [-0.2, 0) is 17.8 Å². The molecule has 0 saturated carbocycles. The summed E-state index contributed by atoms with van der Waals surface area (Å²) in [6.45, 7) is 2.08. The molecule has 1 aliphatic heterocycles. The predicted molar refractivity (Wildman–Crippen MR) is 117 cm³/mol. The average molecular weight is 455 g/mol. The van der Waals surface area contributed by atoms with Crippen molar-refractivity contribution in [2.24, 2.45) is 0 Å². The van der Waals surface area contributed by atoms with Crippen LogP contribution in [0.3, 0.4) is 0 Å². The van der Waals surface area contributed by atoms with Crippen molar-refractivity contribution in [2.75, 3.05) is 13.7 Å². The number of fused-ring (bicyclic) bond motifs is 4. The highest BCUT2D eigenvalue weighted by molar-refractivity contribution is 5.99. The Balaban J connectivity index is 1.61. The first-order valence-electron chi connectivity index (χ1n) is 10.5. The minimum atomic E-state index is -1.13. The number of nitrogens with zero attached hydrogens (tertiary/aromatic N) is 1. The molecule has 9 heteroatoms. The van der Waals surface area contributed by atoms with Gasteiger partial charge in [0.25, 0.3) is 11.5 Å². The number of aromatic nitrogens is 2. The molecule has 0 unspecified atom stereocenters. The van der Waals surface area contributed by atoms with Gasteiger partial charge in [-0.15, -0.1) is 0 Å². The van der Waals surface area contributed by atoms with E-state index in [-0.39, 0.29) is 29.7 Å². The Bertz CT molecular complexity index is 1490. The fourth-order valence-corrected chi connectivity index (χ4v) is 4.56. The van der Waals surface area contributed by atoms with E-state index in [1.807, 2.05) is 6.92 Å². The van der Waals surface area contributed by atoms with E-state index in [9.17, 15) is 22.8 Å². The van der Waals surface area contributed by atoms with E-state index in [0.717, 1.165) is 23.1 Å². The summed E-state index contributed by atoms with van der Waals surface area (Å²) in [5.41, 5.74) is 1.88. The fraction of sp³-hybridized carbons (Fsp3) is 0.250. The van der Waals surface area contributed by atoms with Crippen molar-refractivity contribution in [3.63, 3.8) is 0 Å². The monoisotopic (exact) mass is 455 g/mol. The van der Waals surface area contributed by atoms with Crippen molar-refractivity contribution in [1.29, 1.82) is 0 Å². The van der Waals surface area contributed by atoms with Gasteiger partial charge in [-0.05, 0) is 47.7 Å². The molecular weight excluding hydrogens is 435 g/mol. The SMILES string of the molecule is CCc1cc(F)cc2[nH]c(C(=O)N(C)[C@H]3COCc4[nH]c(=O)c5cc(F)c(F)cc5c43)cc12. The molecule has 2 aromatic carbocycles. The number of rotatable bonds is 3. The molecule has 3 heterocycles. The first kappa shape index (κ1) is 21.3. The van der Waals surface area contributed by atoms with Crippen molar-refractivity contribution in [3.8, 4) is 0 Å². The lowest BCUT2D eigenvalue weighted by atomic mass is 9.95. The molecule has 170 valence electrons. The van der Waals surface area contributed by atoms with Gasteiger partial charge in [0.2, 0.25) is 0 Å². The zero-order valence-corrected chi connectivity index (χ0v) is 17.9. The van der Waals surface area contributed by atoms with E-state index in [0.29, 0.717) is 23.2 Å². The van der Waals surface area contributed by atoms with E-state index in [1.54, 1.807) is 13.1 Å². The Morgan fingerprint density at radius 2 is 1.79 bits per heavy atom. The number of carbonyl (C=O) groups excluding carboxylic acids is 1. The number of aromatic amines is 2. The maximum Gasteiger partial charge on any atom is 0.270 e. The van der Waals surface area contributed by atoms with Crippen LogP contribution in [0.5, 0.6) is 0 Å². The second-order valence-corrected chi connectivity index (χ2v) is 8.17. The number of benzene rings is 2. The molecule has 0 fully saturated rings. The highest BCUT2D eigenvalue weighted by Gasteiger charge is 2.32. The molecule has 0 aliphatic carbocycles. The zero-order valence-electron chi connectivity index (χ0n) is 17.9. The van der Waals surface area contributed by atoms with Gasteiger partial charge in [0.15, 0.2) is 11.6 Å². The number of nitrogens with one attached hydrogen (secondary N) is 2. The molecule has 4 aromatic rings. The van der Waals surface area contributed by atoms with E-state index in [2.05, 4.69) is 9.97 Å². The summed E-state index contributed by atoms with van der Waals surface area (Å²) in [7, 11) is 1.56. The van der Waals surface area contributed by atoms with Crippen LogP contribution in [0.25, 0.3) is 21.7 Å². The highest BCUT2D eigenvalue weighted by atomic mass is 19.2. The Labute approximate surface area is 186 Å². The van der Waals surface area contributed by atoms with Crippen LogP contribution >= 0.6 is 0 Å². The third-order valence-electron chi connectivity index (χ3n) is 6.23. The number of halogens is 3. The lowest BCUT2D eigenvalue weighted by Gasteiger charge is -2.33. The topological polar surface area (TPSA) is 78.2 Å². The molecule has 0 radical (unpaired) electrons. The van der Waals surface area contributed by atoms with Crippen molar-refractivity contribution in [3.05, 3.63) is 80.7 Å². The summed E-state index contributed by atoms with van der Waals surface area (Å²) >= 11 is 0. The maximum atomic E-state index is 14.1. The van der Waals surface area contributed by atoms with Gasteiger partial charge >= 0.3 is 0 Å². The zero-order chi connectivity index (χ0) is 23.4. The highest BCUT2D eigenvalue weighted by Crippen LogP contribution is 2.34. The summed E-state index contributed by atoms with van der Waals surface area (Å²) in [5.74, 6) is -3.00. The number of hydrogen-bond donors (Lipinski definition) is 2. The van der Waals surface area contributed by atoms with Crippen LogP contribution in [-0.4, -0.2) is 34.4 Å². The van der Waals surface area contributed by atoms with E-state index in [4.69, 9.17) is 4.74 Å². The van der Waals surface area contributed by atoms with Gasteiger partial charge < -0.3 is 19.6 Å². The molecule has 33 heavy (non-hydrogen) atoms. The molecule has 2 N–H and O–H groups in total. The lowest BCUT2D eigenvalue weighted by molar-refractivity contribution is 0.0333. The molecule has 1 aliphatic rings. The second-order valence-electron chi connectivity index (χ2n) is 8.17. The quantitative estimate of drug-likeness (QED) is 0.483. The molecule has 5 rings (SSSR count). The predicted octanol–water partition coefficient (Wildman–Crippen LogP) is 4.33. The number of amides is 1. The van der Waals surface area contributed by atoms with Crippen LogP contribution in [0, 0.1) is 17.5 Å². The van der Waals surface area contributed by atoms with Crippen molar-refractivity contribution < 1.29 is 22.7 Å². The minimum absolute atomic E-state index is 0.00549. The van der Waals surface area contributed by atoms with Gasteiger partial charge in [-0.1, -0.05) is 6.92 Å². The number of ether oxygens (including phenoxy) is 1. The first-order chi connectivity index (χ1) is 15.8.